The molecular weight excluding hydrogens is 392 g/mol. The molecule has 0 amide bonds. The van der Waals surface area contributed by atoms with E-state index in [0.29, 0.717) is 23.7 Å². The molecule has 0 unspecified atom stereocenters. The zero-order chi connectivity index (χ0) is 23.5. The fourth-order valence-electron chi connectivity index (χ4n) is 10.6. The molecule has 2 nitrogen and oxygen atoms in total. The molecule has 5 aliphatic carbocycles. The fourth-order valence-corrected chi connectivity index (χ4v) is 10.6. The predicted molar refractivity (Wildman–Crippen MR) is 132 cm³/mol. The summed E-state index contributed by atoms with van der Waals surface area (Å²) in [5.41, 5.74) is 3.80. The van der Waals surface area contributed by atoms with Crippen LogP contribution in [0.5, 0.6) is 0 Å². The van der Waals surface area contributed by atoms with Crippen molar-refractivity contribution in [2.75, 3.05) is 0 Å². The van der Waals surface area contributed by atoms with Crippen molar-refractivity contribution in [1.29, 1.82) is 0 Å². The minimum Gasteiger partial charge on any atom is -0.393 e. The Bertz CT molecular complexity index is 866. The molecule has 5 aliphatic rings. The van der Waals surface area contributed by atoms with E-state index in [9.17, 15) is 10.2 Å². The third-order valence-corrected chi connectivity index (χ3v) is 12.6. The summed E-state index contributed by atoms with van der Waals surface area (Å²) in [4.78, 5) is 0. The van der Waals surface area contributed by atoms with Gasteiger partial charge in [-0.25, -0.2) is 0 Å². The van der Waals surface area contributed by atoms with Crippen LogP contribution in [0.2, 0.25) is 0 Å². The Hall–Kier alpha value is -0.600. The van der Waals surface area contributed by atoms with Gasteiger partial charge in [0.1, 0.15) is 0 Å². The first-order chi connectivity index (χ1) is 14.7. The largest absolute Gasteiger partial charge is 0.393 e. The van der Waals surface area contributed by atoms with E-state index in [2.05, 4.69) is 67.5 Å². The Morgan fingerprint density at radius 3 is 2.25 bits per heavy atom. The van der Waals surface area contributed by atoms with Gasteiger partial charge < -0.3 is 10.2 Å². The minimum atomic E-state index is -0.197. The van der Waals surface area contributed by atoms with Crippen LogP contribution in [0, 0.1) is 50.7 Å². The van der Waals surface area contributed by atoms with Gasteiger partial charge in [-0.2, -0.15) is 0 Å². The maximum Gasteiger partial charge on any atom is 0.0594 e. The molecule has 3 fully saturated rings. The van der Waals surface area contributed by atoms with Crippen LogP contribution < -0.4 is 0 Å². The van der Waals surface area contributed by atoms with E-state index in [1.807, 2.05) is 0 Å². The lowest BCUT2D eigenvalue weighted by Crippen LogP contribution is -2.60. The summed E-state index contributed by atoms with van der Waals surface area (Å²) in [7, 11) is 0. The number of aliphatic hydroxyl groups is 2. The molecule has 2 heteroatoms. The molecule has 0 aromatic rings. The Balaban J connectivity index is 1.61. The van der Waals surface area contributed by atoms with E-state index in [0.717, 1.165) is 32.1 Å². The summed E-state index contributed by atoms with van der Waals surface area (Å²) in [6.45, 7) is 19.4. The molecule has 0 radical (unpaired) electrons. The van der Waals surface area contributed by atoms with Crippen molar-refractivity contribution in [1.82, 2.24) is 0 Å². The van der Waals surface area contributed by atoms with Crippen molar-refractivity contribution >= 4 is 0 Å². The molecule has 0 aromatic carbocycles. The van der Waals surface area contributed by atoms with E-state index in [1.54, 1.807) is 11.1 Å². The molecule has 2 N–H and O–H groups in total. The monoisotopic (exact) mass is 440 g/mol. The lowest BCUT2D eigenvalue weighted by Gasteiger charge is -2.66. The molecule has 0 spiro atoms. The second-order valence-corrected chi connectivity index (χ2v) is 14.4. The highest BCUT2D eigenvalue weighted by molar-refractivity contribution is 5.50. The average Bonchev–Trinajstić information content (AvgIpc) is 2.98. The van der Waals surface area contributed by atoms with Crippen molar-refractivity contribution < 1.29 is 10.2 Å². The topological polar surface area (TPSA) is 40.5 Å². The third kappa shape index (κ3) is 2.55. The average molecular weight is 441 g/mol. The van der Waals surface area contributed by atoms with Crippen molar-refractivity contribution in [3.63, 3.8) is 0 Å². The van der Waals surface area contributed by atoms with Crippen LogP contribution in [-0.2, 0) is 0 Å². The summed E-state index contributed by atoms with van der Waals surface area (Å²) < 4.78 is 0. The van der Waals surface area contributed by atoms with E-state index in [1.165, 1.54) is 12.8 Å². The zero-order valence-corrected chi connectivity index (χ0v) is 22.0. The van der Waals surface area contributed by atoms with Gasteiger partial charge in [-0.15, -0.1) is 0 Å². The van der Waals surface area contributed by atoms with E-state index < -0.39 is 0 Å². The molecule has 0 bridgehead atoms. The minimum absolute atomic E-state index is 0.0468. The maximum absolute atomic E-state index is 11.5. The first-order valence-corrected chi connectivity index (χ1v) is 13.5. The SMILES string of the molecule is CC(C)[C@@H]1C[C@@H](O)[C@H]2[C@@]1(C)CC[C@@]1(C)C3=CC[C@H]4C(C)(C)[C@@H](O)CC[C@]4(C)C3=CC[C@]21C. The number of aliphatic hydroxyl groups excluding tert-OH is 2. The van der Waals surface area contributed by atoms with Gasteiger partial charge in [-0.1, -0.05) is 67.5 Å². The lowest BCUT2D eigenvalue weighted by molar-refractivity contribution is -0.132. The van der Waals surface area contributed by atoms with Gasteiger partial charge in [0.2, 0.25) is 0 Å². The molecule has 3 saturated carbocycles. The smallest absolute Gasteiger partial charge is 0.0594 e. The highest BCUT2D eigenvalue weighted by Crippen LogP contribution is 2.75. The summed E-state index contributed by atoms with van der Waals surface area (Å²) in [6, 6.07) is 0. The highest BCUT2D eigenvalue weighted by atomic mass is 16.3. The van der Waals surface area contributed by atoms with Gasteiger partial charge in [0.15, 0.2) is 0 Å². The van der Waals surface area contributed by atoms with Gasteiger partial charge in [0.25, 0.3) is 0 Å². The maximum atomic E-state index is 11.5. The van der Waals surface area contributed by atoms with Crippen LogP contribution in [0.25, 0.3) is 0 Å². The fraction of sp³-hybridized carbons (Fsp3) is 0.867. The Kier molecular flexibility index (Phi) is 4.88. The predicted octanol–water partition coefficient (Wildman–Crippen LogP) is 6.92. The van der Waals surface area contributed by atoms with Crippen LogP contribution in [0.1, 0.15) is 100 Å². The molecule has 0 aromatic heterocycles. The standard InChI is InChI=1S/C30H48O2/c1-18(2)21-17-22(31)25-28(21,6)15-16-29(7)20-9-10-23-26(3,4)24(32)12-13-27(23,5)19(20)11-14-30(25,29)8/h9,11,18,21-25,31-32H,10,12-17H2,1-8H3/t21-,22+,23-,24-,25-,27+,28-,29-,30+/m0/s1. The molecule has 180 valence electrons. The quantitative estimate of drug-likeness (QED) is 0.465. The molecule has 0 aliphatic heterocycles. The lowest BCUT2D eigenvalue weighted by atomic mass is 9.38. The molecule has 9 atom stereocenters. The second-order valence-electron chi connectivity index (χ2n) is 14.4. The molecular formula is C30H48O2. The molecule has 0 heterocycles. The van der Waals surface area contributed by atoms with Gasteiger partial charge in [-0.3, -0.25) is 0 Å². The second kappa shape index (κ2) is 6.75. The zero-order valence-electron chi connectivity index (χ0n) is 22.0. The van der Waals surface area contributed by atoms with E-state index >= 15 is 0 Å². The molecule has 0 saturated heterocycles. The van der Waals surface area contributed by atoms with Gasteiger partial charge in [0, 0.05) is 0 Å². The van der Waals surface area contributed by atoms with Gasteiger partial charge in [-0.05, 0) is 107 Å². The van der Waals surface area contributed by atoms with Crippen molar-refractivity contribution in [3.05, 3.63) is 23.3 Å². The summed E-state index contributed by atoms with van der Waals surface area (Å²) in [6.07, 6.45) is 12.4. The number of rotatable bonds is 1. The van der Waals surface area contributed by atoms with Crippen LogP contribution in [0.4, 0.5) is 0 Å². The Labute approximate surface area is 197 Å². The third-order valence-electron chi connectivity index (χ3n) is 12.6. The normalized spacial score (nSPS) is 54.2. The summed E-state index contributed by atoms with van der Waals surface area (Å²) in [5.74, 6) is 2.12. The number of hydrogen-bond acceptors (Lipinski definition) is 2. The number of fused-ring (bicyclic) bond motifs is 7. The summed E-state index contributed by atoms with van der Waals surface area (Å²) in [5, 5.41) is 22.3. The van der Waals surface area contributed by atoms with Gasteiger partial charge >= 0.3 is 0 Å². The number of hydrogen-bond donors (Lipinski definition) is 2. The first kappa shape index (κ1) is 23.2. The van der Waals surface area contributed by atoms with E-state index in [-0.39, 0.29) is 39.3 Å². The summed E-state index contributed by atoms with van der Waals surface area (Å²) >= 11 is 0. The Morgan fingerprint density at radius 2 is 1.59 bits per heavy atom. The van der Waals surface area contributed by atoms with Crippen LogP contribution in [0.3, 0.4) is 0 Å². The van der Waals surface area contributed by atoms with Crippen molar-refractivity contribution in [2.45, 2.75) is 113 Å². The van der Waals surface area contributed by atoms with E-state index in [4.69, 9.17) is 0 Å². The van der Waals surface area contributed by atoms with Gasteiger partial charge in [0.05, 0.1) is 12.2 Å². The van der Waals surface area contributed by atoms with Crippen molar-refractivity contribution in [3.8, 4) is 0 Å². The molecule has 5 rings (SSSR count). The highest BCUT2D eigenvalue weighted by Gasteiger charge is 2.69. The molecule has 32 heavy (non-hydrogen) atoms. The first-order valence-electron chi connectivity index (χ1n) is 13.5. The number of allylic oxidation sites excluding steroid dienone is 4. The van der Waals surface area contributed by atoms with Crippen LogP contribution in [0.15, 0.2) is 23.3 Å². The Morgan fingerprint density at radius 1 is 0.906 bits per heavy atom. The van der Waals surface area contributed by atoms with Crippen LogP contribution >= 0.6 is 0 Å². The van der Waals surface area contributed by atoms with Crippen molar-refractivity contribution in [2.24, 2.45) is 50.7 Å². The van der Waals surface area contributed by atoms with Crippen LogP contribution in [-0.4, -0.2) is 22.4 Å².